The molecule has 0 aliphatic carbocycles. The van der Waals surface area contributed by atoms with Crippen molar-refractivity contribution in [3.8, 4) is 5.75 Å². The van der Waals surface area contributed by atoms with E-state index >= 15 is 0 Å². The number of amides is 2. The van der Waals surface area contributed by atoms with Gasteiger partial charge in [-0.05, 0) is 44.0 Å². The van der Waals surface area contributed by atoms with Crippen molar-refractivity contribution in [2.75, 3.05) is 13.2 Å². The Labute approximate surface area is 145 Å². The lowest BCUT2D eigenvalue weighted by molar-refractivity contribution is 0.162. The molecule has 134 valence electrons. The van der Waals surface area contributed by atoms with Gasteiger partial charge in [-0.2, -0.15) is 4.98 Å². The van der Waals surface area contributed by atoms with Crippen molar-refractivity contribution in [3.63, 3.8) is 0 Å². The lowest BCUT2D eigenvalue weighted by Crippen LogP contribution is -2.45. The maximum Gasteiger partial charge on any atom is 0.318 e. The predicted molar refractivity (Wildman–Crippen MR) is 87.6 cm³/mol. The van der Waals surface area contributed by atoms with Gasteiger partial charge in [-0.25, -0.2) is 9.18 Å². The Morgan fingerprint density at radius 3 is 2.92 bits per heavy atom. The Kier molecular flexibility index (Phi) is 5.16. The Bertz CT molecular complexity index is 719. The summed E-state index contributed by atoms with van der Waals surface area (Å²) in [6, 6.07) is 5.31. The fraction of sp³-hybridized carbons (Fsp3) is 0.471. The first-order chi connectivity index (χ1) is 12.0. The SMILES string of the molecule is Cc1nc(C(C)NC(=O)N2CCC[C@H]2COc2ccc(F)cc2)no1. The van der Waals surface area contributed by atoms with Crippen LogP contribution in [-0.2, 0) is 0 Å². The summed E-state index contributed by atoms with van der Waals surface area (Å²) in [6.07, 6.45) is 1.78. The summed E-state index contributed by atoms with van der Waals surface area (Å²) in [5.74, 6) is 1.19. The molecule has 7 nitrogen and oxygen atoms in total. The van der Waals surface area contributed by atoms with Crippen LogP contribution in [0.3, 0.4) is 0 Å². The molecule has 0 spiro atoms. The third kappa shape index (κ3) is 4.26. The second-order valence-corrected chi connectivity index (χ2v) is 6.10. The summed E-state index contributed by atoms with van der Waals surface area (Å²) in [5, 5.41) is 6.71. The number of halogens is 1. The highest BCUT2D eigenvalue weighted by Gasteiger charge is 2.30. The quantitative estimate of drug-likeness (QED) is 0.899. The normalized spacial score (nSPS) is 18.2. The summed E-state index contributed by atoms with van der Waals surface area (Å²) >= 11 is 0. The van der Waals surface area contributed by atoms with Crippen LogP contribution < -0.4 is 10.1 Å². The molecular formula is C17H21FN4O3. The number of aromatic nitrogens is 2. The van der Waals surface area contributed by atoms with Gasteiger partial charge in [-0.3, -0.25) is 0 Å². The molecule has 0 radical (unpaired) electrons. The molecule has 0 bridgehead atoms. The van der Waals surface area contributed by atoms with Gasteiger partial charge in [0.05, 0.1) is 12.1 Å². The first kappa shape index (κ1) is 17.2. The van der Waals surface area contributed by atoms with Crippen molar-refractivity contribution in [1.29, 1.82) is 0 Å². The van der Waals surface area contributed by atoms with E-state index in [0.29, 0.717) is 30.6 Å². The van der Waals surface area contributed by atoms with Gasteiger partial charge in [0.25, 0.3) is 0 Å². The average molecular weight is 348 g/mol. The van der Waals surface area contributed by atoms with Gasteiger partial charge in [0.2, 0.25) is 5.89 Å². The summed E-state index contributed by atoms with van der Waals surface area (Å²) in [7, 11) is 0. The minimum Gasteiger partial charge on any atom is -0.491 e. The molecule has 25 heavy (non-hydrogen) atoms. The molecule has 1 aliphatic heterocycles. The number of rotatable bonds is 5. The van der Waals surface area contributed by atoms with Gasteiger partial charge in [0.15, 0.2) is 5.82 Å². The van der Waals surface area contributed by atoms with Gasteiger partial charge in [-0.1, -0.05) is 5.16 Å². The molecule has 1 aliphatic rings. The van der Waals surface area contributed by atoms with Crippen molar-refractivity contribution in [3.05, 3.63) is 41.8 Å². The molecule has 3 rings (SSSR count). The number of nitrogens with zero attached hydrogens (tertiary/aromatic N) is 3. The number of likely N-dealkylation sites (tertiary alicyclic amines) is 1. The molecule has 1 fully saturated rings. The highest BCUT2D eigenvalue weighted by Crippen LogP contribution is 2.20. The van der Waals surface area contributed by atoms with Gasteiger partial charge in [0.1, 0.15) is 18.2 Å². The van der Waals surface area contributed by atoms with E-state index < -0.39 is 0 Å². The maximum absolute atomic E-state index is 12.9. The first-order valence-electron chi connectivity index (χ1n) is 8.28. The van der Waals surface area contributed by atoms with Crippen LogP contribution in [0.25, 0.3) is 0 Å². The molecule has 1 unspecified atom stereocenters. The van der Waals surface area contributed by atoms with Crippen LogP contribution in [0, 0.1) is 12.7 Å². The van der Waals surface area contributed by atoms with Crippen LogP contribution in [0.5, 0.6) is 5.75 Å². The third-order valence-electron chi connectivity index (χ3n) is 4.16. The largest absolute Gasteiger partial charge is 0.491 e. The Balaban J connectivity index is 1.55. The number of aryl methyl sites for hydroxylation is 1. The number of urea groups is 1. The monoisotopic (exact) mass is 348 g/mol. The predicted octanol–water partition coefficient (Wildman–Crippen LogP) is 2.83. The molecule has 1 aromatic heterocycles. The molecular weight excluding hydrogens is 327 g/mol. The van der Waals surface area contributed by atoms with E-state index in [0.717, 1.165) is 12.8 Å². The highest BCUT2D eigenvalue weighted by atomic mass is 19.1. The van der Waals surface area contributed by atoms with Crippen molar-refractivity contribution in [1.82, 2.24) is 20.4 Å². The van der Waals surface area contributed by atoms with Crippen LogP contribution in [0.15, 0.2) is 28.8 Å². The van der Waals surface area contributed by atoms with E-state index in [1.54, 1.807) is 24.0 Å². The van der Waals surface area contributed by atoms with Crippen LogP contribution >= 0.6 is 0 Å². The third-order valence-corrected chi connectivity index (χ3v) is 4.16. The molecule has 2 aromatic rings. The minimum absolute atomic E-state index is 0.0238. The fourth-order valence-corrected chi connectivity index (χ4v) is 2.82. The molecule has 1 aromatic carbocycles. The number of benzene rings is 1. The molecule has 2 heterocycles. The van der Waals surface area contributed by atoms with E-state index in [9.17, 15) is 9.18 Å². The van der Waals surface area contributed by atoms with Gasteiger partial charge in [0, 0.05) is 13.5 Å². The number of carbonyl (C=O) groups is 1. The first-order valence-corrected chi connectivity index (χ1v) is 8.28. The molecule has 2 atom stereocenters. The summed E-state index contributed by atoms with van der Waals surface area (Å²) in [5.41, 5.74) is 0. The zero-order valence-electron chi connectivity index (χ0n) is 14.2. The number of hydrogen-bond acceptors (Lipinski definition) is 5. The number of carbonyl (C=O) groups excluding carboxylic acids is 1. The fourth-order valence-electron chi connectivity index (χ4n) is 2.82. The van der Waals surface area contributed by atoms with E-state index in [4.69, 9.17) is 9.26 Å². The second-order valence-electron chi connectivity index (χ2n) is 6.10. The number of hydrogen-bond donors (Lipinski definition) is 1. The minimum atomic E-state index is -0.343. The van der Waals surface area contributed by atoms with Crippen LogP contribution in [0.2, 0.25) is 0 Å². The van der Waals surface area contributed by atoms with E-state index in [2.05, 4.69) is 15.5 Å². The summed E-state index contributed by atoms with van der Waals surface area (Å²) < 4.78 is 23.6. The number of ether oxygens (including phenoxy) is 1. The Morgan fingerprint density at radius 2 is 2.24 bits per heavy atom. The molecule has 2 amide bonds. The average Bonchev–Trinajstić information content (AvgIpc) is 3.23. The smallest absolute Gasteiger partial charge is 0.318 e. The van der Waals surface area contributed by atoms with Crippen LogP contribution in [0.4, 0.5) is 9.18 Å². The zero-order valence-corrected chi connectivity index (χ0v) is 14.2. The van der Waals surface area contributed by atoms with Gasteiger partial charge < -0.3 is 19.5 Å². The zero-order chi connectivity index (χ0) is 17.8. The van der Waals surface area contributed by atoms with E-state index in [1.165, 1.54) is 12.1 Å². The summed E-state index contributed by atoms with van der Waals surface area (Å²) in [6.45, 7) is 4.55. The van der Waals surface area contributed by atoms with Crippen molar-refractivity contribution < 1.29 is 18.4 Å². The standard InChI is InChI=1S/C17H21FN4O3/c1-11(16-20-12(2)25-21-16)19-17(23)22-9-3-4-14(22)10-24-15-7-5-13(18)6-8-15/h5-8,11,14H,3-4,9-10H2,1-2H3,(H,19,23)/t11?,14-/m0/s1. The number of nitrogens with one attached hydrogen (secondary N) is 1. The Morgan fingerprint density at radius 1 is 1.48 bits per heavy atom. The van der Waals surface area contributed by atoms with Crippen LogP contribution in [0.1, 0.15) is 37.5 Å². The lowest BCUT2D eigenvalue weighted by atomic mass is 10.2. The maximum atomic E-state index is 12.9. The molecule has 1 N–H and O–H groups in total. The Hall–Kier alpha value is -2.64. The molecule has 8 heteroatoms. The highest BCUT2D eigenvalue weighted by molar-refractivity contribution is 5.75. The van der Waals surface area contributed by atoms with Crippen molar-refractivity contribution in [2.24, 2.45) is 0 Å². The van der Waals surface area contributed by atoms with E-state index in [1.807, 2.05) is 6.92 Å². The van der Waals surface area contributed by atoms with E-state index in [-0.39, 0.29) is 23.9 Å². The second kappa shape index (κ2) is 7.50. The lowest BCUT2D eigenvalue weighted by Gasteiger charge is -2.26. The summed E-state index contributed by atoms with van der Waals surface area (Å²) in [4.78, 5) is 18.4. The molecule has 0 saturated carbocycles. The van der Waals surface area contributed by atoms with Gasteiger partial charge >= 0.3 is 6.03 Å². The van der Waals surface area contributed by atoms with Crippen molar-refractivity contribution >= 4 is 6.03 Å². The van der Waals surface area contributed by atoms with Gasteiger partial charge in [-0.15, -0.1) is 0 Å². The molecule has 1 saturated heterocycles. The van der Waals surface area contributed by atoms with Crippen molar-refractivity contribution in [2.45, 2.75) is 38.8 Å². The topological polar surface area (TPSA) is 80.5 Å². The van der Waals surface area contributed by atoms with Crippen LogP contribution in [-0.4, -0.2) is 40.3 Å².